The number of aromatic hydroxyl groups is 1. The van der Waals surface area contributed by atoms with E-state index in [1.165, 1.54) is 10.9 Å². The Morgan fingerprint density at radius 1 is 0.543 bits per heavy atom. The number of rotatable bonds is 4. The quantitative estimate of drug-likeness (QED) is 0.218. The highest BCUT2D eigenvalue weighted by atomic mass is 16.3. The second-order valence-electron chi connectivity index (χ2n) is 14.2. The number of para-hydroxylation sites is 1. The summed E-state index contributed by atoms with van der Waals surface area (Å²) < 4.78 is 2.28. The molecule has 0 saturated heterocycles. The number of fused-ring (bicyclic) bond motifs is 3. The van der Waals surface area contributed by atoms with E-state index < -0.39 is 0 Å². The van der Waals surface area contributed by atoms with Crippen LogP contribution in [0.25, 0.3) is 61.3 Å². The molecule has 1 N–H and O–H groups in total. The lowest BCUT2D eigenvalue weighted by molar-refractivity contribution is 0.477. The van der Waals surface area contributed by atoms with Crippen LogP contribution >= 0.6 is 0 Å². The predicted molar refractivity (Wildman–Crippen MR) is 192 cm³/mol. The van der Waals surface area contributed by atoms with E-state index in [4.69, 9.17) is 9.97 Å². The molecule has 0 aliphatic heterocycles. The van der Waals surface area contributed by atoms with E-state index in [0.29, 0.717) is 5.56 Å². The number of hydrogen-bond acceptors (Lipinski definition) is 3. The first-order valence-corrected chi connectivity index (χ1v) is 15.9. The maximum Gasteiger partial charge on any atom is 0.138 e. The average Bonchev–Trinajstić information content (AvgIpc) is 3.37. The number of pyridine rings is 2. The predicted octanol–water partition coefficient (Wildman–Crippen LogP) is 10.9. The number of phenols is 1. The van der Waals surface area contributed by atoms with Crippen molar-refractivity contribution in [3.05, 3.63) is 133 Å². The Labute approximate surface area is 271 Å². The van der Waals surface area contributed by atoms with Crippen LogP contribution in [0.5, 0.6) is 5.75 Å². The van der Waals surface area contributed by atoms with Gasteiger partial charge in [-0.05, 0) is 87.7 Å². The molecule has 0 fully saturated rings. The number of benzene rings is 4. The lowest BCUT2D eigenvalue weighted by atomic mass is 9.86. The van der Waals surface area contributed by atoms with E-state index in [9.17, 15) is 5.11 Å². The number of aromatic nitrogens is 3. The molecule has 228 valence electrons. The molecule has 46 heavy (non-hydrogen) atoms. The van der Waals surface area contributed by atoms with E-state index in [1.54, 1.807) is 6.07 Å². The van der Waals surface area contributed by atoms with Gasteiger partial charge in [-0.15, -0.1) is 0 Å². The van der Waals surface area contributed by atoms with Crippen LogP contribution in [-0.4, -0.2) is 19.6 Å². The Morgan fingerprint density at radius 3 is 2.02 bits per heavy atom. The molecule has 0 radical (unpaired) electrons. The zero-order valence-electron chi connectivity index (χ0n) is 27.3. The third-order valence-electron chi connectivity index (χ3n) is 8.88. The summed E-state index contributed by atoms with van der Waals surface area (Å²) in [7, 11) is 0. The van der Waals surface area contributed by atoms with Crippen LogP contribution in [0.3, 0.4) is 0 Å². The summed E-state index contributed by atoms with van der Waals surface area (Å²) >= 11 is 0. The van der Waals surface area contributed by atoms with Crippen molar-refractivity contribution < 1.29 is 5.11 Å². The van der Waals surface area contributed by atoms with Crippen molar-refractivity contribution in [1.29, 1.82) is 0 Å². The van der Waals surface area contributed by atoms with Crippen LogP contribution in [0, 0.1) is 0 Å². The van der Waals surface area contributed by atoms with Gasteiger partial charge in [0.25, 0.3) is 0 Å². The van der Waals surface area contributed by atoms with Gasteiger partial charge in [0.1, 0.15) is 11.6 Å². The molecule has 0 saturated carbocycles. The van der Waals surface area contributed by atoms with Crippen molar-refractivity contribution >= 4 is 21.8 Å². The van der Waals surface area contributed by atoms with Crippen molar-refractivity contribution in [3.8, 4) is 45.2 Å². The minimum Gasteiger partial charge on any atom is -0.507 e. The summed E-state index contributed by atoms with van der Waals surface area (Å²) in [5, 5.41) is 13.2. The summed E-state index contributed by atoms with van der Waals surface area (Å²) in [6, 6.07) is 39.8. The molecule has 0 spiro atoms. The Hall–Kier alpha value is -5.22. The maximum atomic E-state index is 10.8. The molecule has 0 amide bonds. The molecule has 0 aliphatic carbocycles. The van der Waals surface area contributed by atoms with Gasteiger partial charge in [-0.3, -0.25) is 9.55 Å². The van der Waals surface area contributed by atoms with Gasteiger partial charge in [-0.25, -0.2) is 4.98 Å². The standard InChI is InChI=1S/C42H39N3O/c1-41(2,3)30-17-19-37-34(24-30)32-18-16-29(35-22-28(20-21-43-35)27-12-8-7-9-13-27)23-38(32)45(37)40-26-31(42(4,5)6)25-36(44-40)33-14-10-11-15-39(33)46/h7-26,46H,1-6H3. The molecule has 3 heterocycles. The van der Waals surface area contributed by atoms with E-state index in [0.717, 1.165) is 55.9 Å². The molecule has 7 aromatic rings. The van der Waals surface area contributed by atoms with Crippen molar-refractivity contribution in [3.63, 3.8) is 0 Å². The molecule has 3 aromatic heterocycles. The Morgan fingerprint density at radius 2 is 1.28 bits per heavy atom. The molecule has 4 aromatic carbocycles. The fourth-order valence-electron chi connectivity index (χ4n) is 6.18. The van der Waals surface area contributed by atoms with Crippen LogP contribution in [0.4, 0.5) is 0 Å². The summed E-state index contributed by atoms with van der Waals surface area (Å²) in [6.45, 7) is 13.4. The topological polar surface area (TPSA) is 50.9 Å². The SMILES string of the molecule is CC(C)(C)c1cc(-c2ccccc2O)nc(-n2c3ccc(C(C)(C)C)cc3c3ccc(-c4cc(-c5ccccc5)ccn4)cc32)c1. The van der Waals surface area contributed by atoms with Gasteiger partial charge in [0.2, 0.25) is 0 Å². The summed E-state index contributed by atoms with van der Waals surface area (Å²) in [6.07, 6.45) is 1.89. The van der Waals surface area contributed by atoms with Gasteiger partial charge < -0.3 is 5.11 Å². The second-order valence-corrected chi connectivity index (χ2v) is 14.2. The fourth-order valence-corrected chi connectivity index (χ4v) is 6.18. The summed E-state index contributed by atoms with van der Waals surface area (Å²) in [4.78, 5) is 10.0. The van der Waals surface area contributed by atoms with Crippen LogP contribution < -0.4 is 0 Å². The zero-order valence-corrected chi connectivity index (χ0v) is 27.3. The summed E-state index contributed by atoms with van der Waals surface area (Å²) in [5.41, 5.74) is 10.2. The molecular weight excluding hydrogens is 562 g/mol. The molecule has 0 aliphatic rings. The summed E-state index contributed by atoms with van der Waals surface area (Å²) in [5.74, 6) is 1.04. The number of phenolic OH excluding ortho intramolecular Hbond substituents is 1. The normalized spacial score (nSPS) is 12.2. The number of nitrogens with zero attached hydrogens (tertiary/aromatic N) is 3. The highest BCUT2D eigenvalue weighted by molar-refractivity contribution is 6.10. The van der Waals surface area contributed by atoms with E-state index in [2.05, 4.69) is 131 Å². The molecule has 0 atom stereocenters. The highest BCUT2D eigenvalue weighted by Crippen LogP contribution is 2.39. The Bertz CT molecular complexity index is 2230. The lowest BCUT2D eigenvalue weighted by Gasteiger charge is -2.22. The van der Waals surface area contributed by atoms with Crippen molar-refractivity contribution in [2.75, 3.05) is 0 Å². The molecule has 0 unspecified atom stereocenters. The molecular formula is C42H39N3O. The minimum atomic E-state index is -0.137. The van der Waals surface area contributed by atoms with Gasteiger partial charge in [0.15, 0.2) is 0 Å². The van der Waals surface area contributed by atoms with Crippen molar-refractivity contribution in [1.82, 2.24) is 14.5 Å². The van der Waals surface area contributed by atoms with Crippen LogP contribution in [-0.2, 0) is 10.8 Å². The minimum absolute atomic E-state index is 0.00671. The van der Waals surface area contributed by atoms with Crippen LogP contribution in [0.2, 0.25) is 0 Å². The highest BCUT2D eigenvalue weighted by Gasteiger charge is 2.23. The van der Waals surface area contributed by atoms with E-state index in [1.807, 2.05) is 30.5 Å². The largest absolute Gasteiger partial charge is 0.507 e. The third kappa shape index (κ3) is 5.34. The maximum absolute atomic E-state index is 10.8. The monoisotopic (exact) mass is 601 g/mol. The van der Waals surface area contributed by atoms with E-state index in [-0.39, 0.29) is 16.6 Å². The third-order valence-corrected chi connectivity index (χ3v) is 8.88. The van der Waals surface area contributed by atoms with Gasteiger partial charge in [-0.2, -0.15) is 0 Å². The lowest BCUT2D eigenvalue weighted by Crippen LogP contribution is -2.13. The molecule has 4 heteroatoms. The van der Waals surface area contributed by atoms with Crippen molar-refractivity contribution in [2.45, 2.75) is 52.4 Å². The van der Waals surface area contributed by atoms with Gasteiger partial charge in [0, 0.05) is 28.1 Å². The Kier molecular flexibility index (Phi) is 7.05. The molecule has 7 rings (SSSR count). The fraction of sp³-hybridized carbons (Fsp3) is 0.190. The van der Waals surface area contributed by atoms with Gasteiger partial charge in [0.05, 0.1) is 22.4 Å². The van der Waals surface area contributed by atoms with Gasteiger partial charge >= 0.3 is 0 Å². The molecule has 0 bridgehead atoms. The van der Waals surface area contributed by atoms with Crippen LogP contribution in [0.15, 0.2) is 121 Å². The van der Waals surface area contributed by atoms with E-state index >= 15 is 0 Å². The Balaban J connectivity index is 1.52. The average molecular weight is 602 g/mol. The van der Waals surface area contributed by atoms with Gasteiger partial charge in [-0.1, -0.05) is 102 Å². The smallest absolute Gasteiger partial charge is 0.138 e. The number of hydrogen-bond donors (Lipinski definition) is 1. The zero-order chi connectivity index (χ0) is 32.2. The molecule has 4 nitrogen and oxygen atoms in total. The first-order valence-electron chi connectivity index (χ1n) is 15.9. The first-order chi connectivity index (χ1) is 22.0. The first kappa shape index (κ1) is 29.5. The van der Waals surface area contributed by atoms with Crippen molar-refractivity contribution in [2.24, 2.45) is 0 Å². The second kappa shape index (κ2) is 11.0. The van der Waals surface area contributed by atoms with Crippen LogP contribution in [0.1, 0.15) is 52.7 Å².